The molecule has 2 amide bonds. The van der Waals surface area contributed by atoms with E-state index in [-0.39, 0.29) is 17.2 Å². The number of fused-ring (bicyclic) bond motifs is 1. The topological polar surface area (TPSA) is 95.5 Å². The summed E-state index contributed by atoms with van der Waals surface area (Å²) in [5.41, 5.74) is 1.25. The third-order valence-corrected chi connectivity index (χ3v) is 5.22. The van der Waals surface area contributed by atoms with E-state index in [1.54, 1.807) is 24.3 Å². The lowest BCUT2D eigenvalue weighted by atomic mass is 10.1. The van der Waals surface area contributed by atoms with Gasteiger partial charge in [0.05, 0.1) is 5.75 Å². The van der Waals surface area contributed by atoms with Crippen molar-refractivity contribution in [2.45, 2.75) is 11.8 Å². The van der Waals surface area contributed by atoms with Gasteiger partial charge in [0.1, 0.15) is 0 Å². The van der Waals surface area contributed by atoms with Gasteiger partial charge >= 0.3 is 5.97 Å². The molecular weight excluding hydrogens is 400 g/mol. The molecule has 0 saturated carbocycles. The first-order valence-corrected chi connectivity index (χ1v) is 10.1. The predicted molar refractivity (Wildman–Crippen MR) is 120 cm³/mol. The Morgan fingerprint density at radius 3 is 2.27 bits per heavy atom. The van der Waals surface area contributed by atoms with Crippen LogP contribution in [0.3, 0.4) is 0 Å². The second kappa shape index (κ2) is 9.76. The fraction of sp³-hybridized carbons (Fsp3) is 0.0870. The molecule has 0 bridgehead atoms. The normalized spacial score (nSPS) is 11.2. The summed E-state index contributed by atoms with van der Waals surface area (Å²) in [7, 11) is 0. The van der Waals surface area contributed by atoms with Crippen LogP contribution in [0.1, 0.15) is 6.92 Å². The van der Waals surface area contributed by atoms with Crippen molar-refractivity contribution in [2.24, 2.45) is 0 Å². The maximum Gasteiger partial charge on any atom is 0.331 e. The average Bonchev–Trinajstić information content (AvgIpc) is 2.73. The minimum absolute atomic E-state index is 0.0444. The van der Waals surface area contributed by atoms with Gasteiger partial charge in [-0.25, -0.2) is 4.79 Å². The molecule has 30 heavy (non-hydrogen) atoms. The summed E-state index contributed by atoms with van der Waals surface area (Å²) in [6, 6.07) is 20.7. The number of aliphatic carboxylic acids is 1. The van der Waals surface area contributed by atoms with Gasteiger partial charge in [-0.05, 0) is 54.1 Å². The number of thioether (sulfide) groups is 1. The third kappa shape index (κ3) is 5.96. The Labute approximate surface area is 178 Å². The summed E-state index contributed by atoms with van der Waals surface area (Å²) >= 11 is 1.38. The number of carboxylic acids is 1. The summed E-state index contributed by atoms with van der Waals surface area (Å²) in [5.74, 6) is -1.51. The van der Waals surface area contributed by atoms with Gasteiger partial charge in [0.2, 0.25) is 11.8 Å². The van der Waals surface area contributed by atoms with Gasteiger partial charge in [-0.1, -0.05) is 30.3 Å². The fourth-order valence-electron chi connectivity index (χ4n) is 2.68. The lowest BCUT2D eigenvalue weighted by Crippen LogP contribution is -2.13. The summed E-state index contributed by atoms with van der Waals surface area (Å²) in [5, 5.41) is 16.5. The maximum absolute atomic E-state index is 12.2. The maximum atomic E-state index is 12.2. The highest BCUT2D eigenvalue weighted by Crippen LogP contribution is 2.22. The number of hydrogen-bond acceptors (Lipinski definition) is 4. The Balaban J connectivity index is 1.51. The number of anilines is 2. The largest absolute Gasteiger partial charge is 0.478 e. The van der Waals surface area contributed by atoms with Crippen LogP contribution in [0.4, 0.5) is 11.4 Å². The van der Waals surface area contributed by atoms with Gasteiger partial charge < -0.3 is 15.7 Å². The van der Waals surface area contributed by atoms with Crippen LogP contribution in [-0.2, 0) is 14.4 Å². The molecule has 0 aliphatic rings. The molecule has 0 aromatic heterocycles. The minimum atomic E-state index is -1.14. The number of amides is 2. The monoisotopic (exact) mass is 420 g/mol. The molecule has 0 radical (unpaired) electrons. The van der Waals surface area contributed by atoms with Crippen LogP contribution in [0.2, 0.25) is 0 Å². The molecule has 3 aromatic rings. The zero-order chi connectivity index (χ0) is 21.5. The van der Waals surface area contributed by atoms with E-state index in [1.165, 1.54) is 18.7 Å². The van der Waals surface area contributed by atoms with Crippen molar-refractivity contribution in [2.75, 3.05) is 16.4 Å². The number of nitrogens with one attached hydrogen (secondary N) is 2. The Morgan fingerprint density at radius 1 is 0.900 bits per heavy atom. The first-order valence-electron chi connectivity index (χ1n) is 9.15. The molecular formula is C23H20N2O4S. The van der Waals surface area contributed by atoms with Crippen molar-refractivity contribution in [1.29, 1.82) is 0 Å². The Bertz CT molecular complexity index is 1120. The van der Waals surface area contributed by atoms with Gasteiger partial charge in [-0.2, -0.15) is 0 Å². The molecule has 0 atom stereocenters. The number of carbonyl (C=O) groups is 3. The second-order valence-corrected chi connectivity index (χ2v) is 7.59. The van der Waals surface area contributed by atoms with E-state index in [2.05, 4.69) is 10.6 Å². The van der Waals surface area contributed by atoms with Crippen molar-refractivity contribution in [3.63, 3.8) is 0 Å². The van der Waals surface area contributed by atoms with E-state index in [4.69, 9.17) is 5.11 Å². The van der Waals surface area contributed by atoms with E-state index < -0.39 is 11.9 Å². The highest BCUT2D eigenvalue weighted by Gasteiger charge is 2.07. The Kier molecular flexibility index (Phi) is 6.87. The van der Waals surface area contributed by atoms with Crippen molar-refractivity contribution < 1.29 is 19.5 Å². The van der Waals surface area contributed by atoms with E-state index in [9.17, 15) is 14.4 Å². The van der Waals surface area contributed by atoms with Crippen LogP contribution in [-0.4, -0.2) is 28.6 Å². The summed E-state index contributed by atoms with van der Waals surface area (Å²) in [6.45, 7) is 1.35. The van der Waals surface area contributed by atoms with E-state index in [0.29, 0.717) is 5.69 Å². The van der Waals surface area contributed by atoms with Gasteiger partial charge in [-0.15, -0.1) is 11.8 Å². The first-order chi connectivity index (χ1) is 14.4. The quantitative estimate of drug-likeness (QED) is 0.385. The van der Waals surface area contributed by atoms with Crippen molar-refractivity contribution in [1.82, 2.24) is 0 Å². The molecule has 0 heterocycles. The summed E-state index contributed by atoms with van der Waals surface area (Å²) < 4.78 is 0. The molecule has 0 saturated heterocycles. The minimum Gasteiger partial charge on any atom is -0.478 e. The molecule has 0 spiro atoms. The number of rotatable bonds is 7. The van der Waals surface area contributed by atoms with Crippen LogP contribution >= 0.6 is 11.8 Å². The summed E-state index contributed by atoms with van der Waals surface area (Å²) in [4.78, 5) is 35.6. The lowest BCUT2D eigenvalue weighted by Gasteiger charge is -2.07. The molecule has 3 N–H and O–H groups in total. The van der Waals surface area contributed by atoms with Crippen LogP contribution in [0.15, 0.2) is 83.3 Å². The number of benzene rings is 3. The smallest absolute Gasteiger partial charge is 0.331 e. The van der Waals surface area contributed by atoms with Gasteiger partial charge in [0, 0.05) is 27.9 Å². The fourth-order valence-corrected chi connectivity index (χ4v) is 3.38. The third-order valence-electron chi connectivity index (χ3n) is 4.21. The van der Waals surface area contributed by atoms with E-state index >= 15 is 0 Å². The second-order valence-electron chi connectivity index (χ2n) is 6.54. The van der Waals surface area contributed by atoms with Crippen molar-refractivity contribution >= 4 is 51.7 Å². The Morgan fingerprint density at radius 2 is 1.57 bits per heavy atom. The SMILES string of the molecule is CC(=CC(=O)Nc1ccc(SCC(=O)Nc2ccc3ccccc3c2)cc1)C(=O)O. The van der Waals surface area contributed by atoms with Crippen LogP contribution in [0.5, 0.6) is 0 Å². The molecule has 0 aliphatic carbocycles. The van der Waals surface area contributed by atoms with E-state index in [1.807, 2.05) is 42.5 Å². The lowest BCUT2D eigenvalue weighted by molar-refractivity contribution is -0.132. The first kappa shape index (κ1) is 21.1. The highest BCUT2D eigenvalue weighted by atomic mass is 32.2. The number of carbonyl (C=O) groups excluding carboxylic acids is 2. The molecule has 7 heteroatoms. The van der Waals surface area contributed by atoms with Gasteiger partial charge in [0.25, 0.3) is 0 Å². The zero-order valence-electron chi connectivity index (χ0n) is 16.2. The number of carboxylic acid groups (broad SMARTS) is 1. The molecule has 3 rings (SSSR count). The average molecular weight is 420 g/mol. The van der Waals surface area contributed by atoms with Crippen molar-refractivity contribution in [3.8, 4) is 0 Å². The van der Waals surface area contributed by atoms with Gasteiger partial charge in [0.15, 0.2) is 0 Å². The number of hydrogen-bond donors (Lipinski definition) is 3. The van der Waals surface area contributed by atoms with E-state index in [0.717, 1.165) is 27.4 Å². The molecule has 152 valence electrons. The molecule has 3 aromatic carbocycles. The Hall–Kier alpha value is -3.58. The van der Waals surface area contributed by atoms with Crippen LogP contribution in [0.25, 0.3) is 10.8 Å². The standard InChI is InChI=1S/C23H20N2O4S/c1-15(23(28)29)12-21(26)24-18-8-10-20(11-9-18)30-14-22(27)25-19-7-6-16-4-2-3-5-17(16)13-19/h2-13H,14H2,1H3,(H,24,26)(H,25,27)(H,28,29). The van der Waals surface area contributed by atoms with Gasteiger partial charge in [-0.3, -0.25) is 9.59 Å². The molecule has 0 unspecified atom stereocenters. The van der Waals surface area contributed by atoms with Crippen LogP contribution < -0.4 is 10.6 Å². The summed E-state index contributed by atoms with van der Waals surface area (Å²) in [6.07, 6.45) is 1.03. The van der Waals surface area contributed by atoms with Crippen molar-refractivity contribution in [3.05, 3.63) is 78.4 Å². The zero-order valence-corrected chi connectivity index (χ0v) is 17.0. The molecule has 6 nitrogen and oxygen atoms in total. The highest BCUT2D eigenvalue weighted by molar-refractivity contribution is 8.00. The van der Waals surface area contributed by atoms with Crippen LogP contribution in [0, 0.1) is 0 Å². The molecule has 0 fully saturated rings. The molecule has 0 aliphatic heterocycles. The predicted octanol–water partition coefficient (Wildman–Crippen LogP) is 4.54.